The summed E-state index contributed by atoms with van der Waals surface area (Å²) >= 11 is 0.992. The van der Waals surface area contributed by atoms with Gasteiger partial charge in [-0.2, -0.15) is 8.75 Å². The highest BCUT2D eigenvalue weighted by Crippen LogP contribution is 2.27. The lowest BCUT2D eigenvalue weighted by molar-refractivity contribution is -0.127. The fraction of sp³-hybridized carbons (Fsp3) is 0.385. The summed E-state index contributed by atoms with van der Waals surface area (Å²) in [5, 5.41) is 3.24. The van der Waals surface area contributed by atoms with Crippen LogP contribution in [0.2, 0.25) is 0 Å². The van der Waals surface area contributed by atoms with E-state index in [-0.39, 0.29) is 23.6 Å². The maximum atomic E-state index is 13.7. The van der Waals surface area contributed by atoms with Crippen molar-refractivity contribution in [2.24, 2.45) is 0 Å². The van der Waals surface area contributed by atoms with Crippen molar-refractivity contribution in [2.75, 3.05) is 0 Å². The zero-order valence-electron chi connectivity index (χ0n) is 19.2. The Morgan fingerprint density at radius 2 is 1.82 bits per heavy atom. The second-order valence-electron chi connectivity index (χ2n) is 8.80. The molecule has 3 aromatic rings. The van der Waals surface area contributed by atoms with E-state index < -0.39 is 6.04 Å². The third kappa shape index (κ3) is 5.66. The molecule has 33 heavy (non-hydrogen) atoms. The number of hydrogen-bond acceptors (Lipinski definition) is 5. The maximum Gasteiger partial charge on any atom is 0.276 e. The molecular weight excluding hydrogens is 432 g/mol. The SMILES string of the molecule is Cc1ccc(CN(C(=O)c2cnsn2)[C@H](C(=O)NC2CCCCC2)c2ccccc2)cc1C. The molecular formula is C26H30N4O2S. The third-order valence-electron chi connectivity index (χ3n) is 6.39. The van der Waals surface area contributed by atoms with Crippen LogP contribution < -0.4 is 5.32 Å². The van der Waals surface area contributed by atoms with E-state index in [1.165, 1.54) is 18.2 Å². The van der Waals surface area contributed by atoms with Crippen molar-refractivity contribution in [1.29, 1.82) is 0 Å². The van der Waals surface area contributed by atoms with Crippen LogP contribution >= 0.6 is 11.7 Å². The number of amides is 2. The Kier molecular flexibility index (Phi) is 7.50. The minimum Gasteiger partial charge on any atom is -0.351 e. The van der Waals surface area contributed by atoms with Crippen LogP contribution in [0.4, 0.5) is 0 Å². The molecule has 1 heterocycles. The Labute approximate surface area is 199 Å². The minimum absolute atomic E-state index is 0.145. The minimum atomic E-state index is -0.760. The zero-order chi connectivity index (χ0) is 23.2. The first-order valence-electron chi connectivity index (χ1n) is 11.5. The van der Waals surface area contributed by atoms with Crippen LogP contribution in [0, 0.1) is 13.8 Å². The summed E-state index contributed by atoms with van der Waals surface area (Å²) in [5.41, 5.74) is 4.36. The molecule has 1 aliphatic rings. The molecule has 1 atom stereocenters. The van der Waals surface area contributed by atoms with E-state index >= 15 is 0 Å². The third-order valence-corrected chi connectivity index (χ3v) is 6.87. The average molecular weight is 463 g/mol. The number of nitrogens with zero attached hydrogens (tertiary/aromatic N) is 3. The molecule has 0 aliphatic heterocycles. The van der Waals surface area contributed by atoms with Gasteiger partial charge in [0, 0.05) is 12.6 Å². The number of rotatable bonds is 7. The Morgan fingerprint density at radius 1 is 1.06 bits per heavy atom. The van der Waals surface area contributed by atoms with Gasteiger partial charge in [0.25, 0.3) is 5.91 Å². The lowest BCUT2D eigenvalue weighted by atomic mass is 9.94. The fourth-order valence-corrected chi connectivity index (χ4v) is 4.83. The summed E-state index contributed by atoms with van der Waals surface area (Å²) < 4.78 is 8.18. The van der Waals surface area contributed by atoms with Crippen LogP contribution in [-0.4, -0.2) is 31.5 Å². The van der Waals surface area contributed by atoms with Gasteiger partial charge in [-0.05, 0) is 48.9 Å². The number of benzene rings is 2. The Morgan fingerprint density at radius 3 is 2.48 bits per heavy atom. The molecule has 0 spiro atoms. The van der Waals surface area contributed by atoms with E-state index in [4.69, 9.17) is 0 Å². The van der Waals surface area contributed by atoms with Crippen molar-refractivity contribution >= 4 is 23.5 Å². The molecule has 1 N–H and O–H groups in total. The molecule has 4 rings (SSSR count). The Balaban J connectivity index is 1.71. The normalized spacial score (nSPS) is 15.1. The number of aromatic nitrogens is 2. The van der Waals surface area contributed by atoms with Gasteiger partial charge in [-0.25, -0.2) is 0 Å². The van der Waals surface area contributed by atoms with E-state index in [0.717, 1.165) is 54.1 Å². The summed E-state index contributed by atoms with van der Waals surface area (Å²) in [7, 11) is 0. The molecule has 1 aliphatic carbocycles. The largest absolute Gasteiger partial charge is 0.351 e. The summed E-state index contributed by atoms with van der Waals surface area (Å²) in [4.78, 5) is 29.0. The number of aryl methyl sites for hydroxylation is 2. The van der Waals surface area contributed by atoms with Crippen molar-refractivity contribution in [3.8, 4) is 0 Å². The van der Waals surface area contributed by atoms with Gasteiger partial charge in [-0.3, -0.25) is 9.59 Å². The van der Waals surface area contributed by atoms with Crippen LogP contribution in [0.3, 0.4) is 0 Å². The molecule has 2 amide bonds. The standard InChI is InChI=1S/C26H30N4O2S/c1-18-13-14-20(15-19(18)2)17-30(26(32)23-16-27-33-29-23)24(21-9-5-3-6-10-21)25(31)28-22-11-7-4-8-12-22/h3,5-6,9-10,13-16,22,24H,4,7-8,11-12,17H2,1-2H3,(H,28,31)/t24-/m0/s1. The molecule has 6 nitrogen and oxygen atoms in total. The first kappa shape index (κ1) is 23.1. The van der Waals surface area contributed by atoms with Gasteiger partial charge in [0.2, 0.25) is 5.91 Å². The number of hydrogen-bond donors (Lipinski definition) is 1. The summed E-state index contributed by atoms with van der Waals surface area (Å²) in [6.07, 6.45) is 6.89. The predicted molar refractivity (Wildman–Crippen MR) is 130 cm³/mol. The number of carbonyl (C=O) groups excluding carboxylic acids is 2. The Bertz CT molecular complexity index is 1080. The van der Waals surface area contributed by atoms with Gasteiger partial charge in [0.05, 0.1) is 17.9 Å². The second-order valence-corrected chi connectivity index (χ2v) is 9.36. The molecule has 7 heteroatoms. The van der Waals surface area contributed by atoms with Crippen LogP contribution in [0.5, 0.6) is 0 Å². The first-order valence-corrected chi connectivity index (χ1v) is 12.3. The van der Waals surface area contributed by atoms with Gasteiger partial charge in [0.15, 0.2) is 5.69 Å². The second kappa shape index (κ2) is 10.7. The van der Waals surface area contributed by atoms with Crippen molar-refractivity contribution in [3.05, 3.63) is 82.7 Å². The highest BCUT2D eigenvalue weighted by atomic mass is 32.1. The fourth-order valence-electron chi connectivity index (χ4n) is 4.42. The van der Waals surface area contributed by atoms with Gasteiger partial charge in [-0.1, -0.05) is 67.8 Å². The van der Waals surface area contributed by atoms with Crippen molar-refractivity contribution in [2.45, 2.75) is 64.6 Å². The zero-order valence-corrected chi connectivity index (χ0v) is 20.0. The lowest BCUT2D eigenvalue weighted by Gasteiger charge is -2.33. The number of carbonyl (C=O) groups is 2. The molecule has 1 saturated carbocycles. The lowest BCUT2D eigenvalue weighted by Crippen LogP contribution is -2.47. The van der Waals surface area contributed by atoms with Gasteiger partial charge < -0.3 is 10.2 Å². The monoisotopic (exact) mass is 462 g/mol. The first-order chi connectivity index (χ1) is 16.0. The quantitative estimate of drug-likeness (QED) is 0.537. The van der Waals surface area contributed by atoms with E-state index in [2.05, 4.69) is 40.0 Å². The molecule has 1 aromatic heterocycles. The van der Waals surface area contributed by atoms with Gasteiger partial charge in [-0.15, -0.1) is 0 Å². The maximum absolute atomic E-state index is 13.7. The smallest absolute Gasteiger partial charge is 0.276 e. The molecule has 1 fully saturated rings. The highest BCUT2D eigenvalue weighted by Gasteiger charge is 2.34. The summed E-state index contributed by atoms with van der Waals surface area (Å²) in [5.74, 6) is -0.442. The molecule has 0 bridgehead atoms. The van der Waals surface area contributed by atoms with Crippen LogP contribution in [0.25, 0.3) is 0 Å². The van der Waals surface area contributed by atoms with E-state index in [9.17, 15) is 9.59 Å². The highest BCUT2D eigenvalue weighted by molar-refractivity contribution is 6.99. The van der Waals surface area contributed by atoms with E-state index in [1.54, 1.807) is 4.90 Å². The van der Waals surface area contributed by atoms with Crippen LogP contribution in [0.1, 0.15) is 70.9 Å². The van der Waals surface area contributed by atoms with Gasteiger partial charge >= 0.3 is 0 Å². The van der Waals surface area contributed by atoms with E-state index in [0.29, 0.717) is 6.54 Å². The van der Waals surface area contributed by atoms with Crippen LogP contribution in [0.15, 0.2) is 54.7 Å². The van der Waals surface area contributed by atoms with Crippen molar-refractivity contribution in [1.82, 2.24) is 19.0 Å². The molecule has 0 unspecified atom stereocenters. The molecule has 0 saturated heterocycles. The molecule has 0 radical (unpaired) electrons. The topological polar surface area (TPSA) is 75.2 Å². The molecule has 172 valence electrons. The Hall–Kier alpha value is -3.06. The number of nitrogens with one attached hydrogen (secondary N) is 1. The van der Waals surface area contributed by atoms with Crippen molar-refractivity contribution < 1.29 is 9.59 Å². The summed E-state index contributed by atoms with van der Waals surface area (Å²) in [6, 6.07) is 15.1. The predicted octanol–water partition coefficient (Wildman–Crippen LogP) is 4.99. The average Bonchev–Trinajstić information content (AvgIpc) is 3.37. The van der Waals surface area contributed by atoms with Crippen molar-refractivity contribution in [3.63, 3.8) is 0 Å². The molecule has 2 aromatic carbocycles. The van der Waals surface area contributed by atoms with Crippen LogP contribution in [-0.2, 0) is 11.3 Å². The van der Waals surface area contributed by atoms with Gasteiger partial charge in [0.1, 0.15) is 6.04 Å². The van der Waals surface area contributed by atoms with E-state index in [1.807, 2.05) is 36.4 Å². The summed E-state index contributed by atoms with van der Waals surface area (Å²) in [6.45, 7) is 4.42.